The van der Waals surface area contributed by atoms with Gasteiger partial charge < -0.3 is 65.2 Å². The van der Waals surface area contributed by atoms with Gasteiger partial charge in [-0.1, -0.05) is 111 Å². The molecule has 0 bridgehead atoms. The monoisotopic (exact) mass is 1410 g/mol. The number of hydrogen-bond donors (Lipinski definition) is 4. The lowest BCUT2D eigenvalue weighted by molar-refractivity contribution is -0.160. The quantitative estimate of drug-likeness (QED) is 0.237. The number of alkyl halides is 3. The van der Waals surface area contributed by atoms with Gasteiger partial charge in [0.25, 0.3) is 0 Å². The summed E-state index contributed by atoms with van der Waals surface area (Å²) in [7, 11) is 7.11. The maximum Gasteiger partial charge on any atom is 0.417 e. The highest BCUT2D eigenvalue weighted by atomic mass is 35.5. The van der Waals surface area contributed by atoms with Crippen LogP contribution in [0.4, 0.5) is 13.2 Å². The molecule has 2 saturated carbocycles. The third-order valence-electron chi connectivity index (χ3n) is 21.4. The van der Waals surface area contributed by atoms with E-state index in [-0.39, 0.29) is 103 Å². The van der Waals surface area contributed by atoms with Crippen molar-refractivity contribution in [1.29, 1.82) is 0 Å². The summed E-state index contributed by atoms with van der Waals surface area (Å²) in [5, 5.41) is 10.9. The molecule has 0 radical (unpaired) electrons. The van der Waals surface area contributed by atoms with Gasteiger partial charge >= 0.3 is 6.18 Å². The van der Waals surface area contributed by atoms with E-state index in [1.54, 1.807) is 20.8 Å². The van der Waals surface area contributed by atoms with Crippen molar-refractivity contribution in [3.8, 4) is 0 Å². The van der Waals surface area contributed by atoms with Crippen LogP contribution >= 0.6 is 11.6 Å². The maximum absolute atomic E-state index is 15.3. The fraction of sp³-hybridized carbons (Fsp3) is 0.743. The lowest BCUT2D eigenvalue weighted by Crippen LogP contribution is -2.65. The number of carbonyl (C=O) groups excluding carboxylic acids is 12. The van der Waals surface area contributed by atoms with Gasteiger partial charge in [-0.15, -0.1) is 0 Å². The molecule has 4 heterocycles. The molecule has 6 aliphatic rings. The van der Waals surface area contributed by atoms with Gasteiger partial charge in [-0.05, 0) is 106 Å². The van der Waals surface area contributed by atoms with E-state index in [9.17, 15) is 56.3 Å². The van der Waals surface area contributed by atoms with E-state index in [4.69, 9.17) is 16.3 Å². The minimum atomic E-state index is -4.76. The van der Waals surface area contributed by atoms with Crippen LogP contribution in [0.3, 0.4) is 0 Å². The molecule has 1 aromatic carbocycles. The summed E-state index contributed by atoms with van der Waals surface area (Å²) >= 11 is 6.15. The third kappa shape index (κ3) is 19.1. The van der Waals surface area contributed by atoms with Crippen LogP contribution in [0, 0.1) is 23.7 Å². The number of fused-ring (bicyclic) bond motifs is 2. The van der Waals surface area contributed by atoms with E-state index in [0.29, 0.717) is 31.2 Å². The summed E-state index contributed by atoms with van der Waals surface area (Å²) in [6.45, 7) is 12.4. The molecule has 0 unspecified atom stereocenters. The van der Waals surface area contributed by atoms with Gasteiger partial charge in [-0.2, -0.15) is 13.2 Å². The third-order valence-corrected chi connectivity index (χ3v) is 21.7. The normalized spacial score (nSPS) is 27.9. The van der Waals surface area contributed by atoms with Gasteiger partial charge in [0, 0.05) is 61.4 Å². The van der Waals surface area contributed by atoms with Crippen LogP contribution in [0.25, 0.3) is 0 Å². The molecule has 6 fully saturated rings. The van der Waals surface area contributed by atoms with Crippen molar-refractivity contribution < 1.29 is 75.4 Å². The fourth-order valence-corrected chi connectivity index (χ4v) is 15.2. The number of nitrogens with zero attached hydrogens (tertiary/aromatic N) is 8. The number of rotatable bonds is 11. The van der Waals surface area contributed by atoms with Crippen LogP contribution in [-0.2, 0) is 74.9 Å². The van der Waals surface area contributed by atoms with E-state index in [1.807, 2.05) is 20.8 Å². The van der Waals surface area contributed by atoms with Crippen molar-refractivity contribution in [2.45, 2.75) is 230 Å². The smallest absolute Gasteiger partial charge is 0.378 e. The second-order valence-corrected chi connectivity index (χ2v) is 29.5. The first-order chi connectivity index (χ1) is 46.6. The SMILES string of the molecule is CC[C@H](C)[C@@H]1NC(=O)[C@H](CC(C)C)N(C)C(=O)C[C@@H](C(=O)N2CCOCC2)NC(=O)[C@H](C(C)C)N(C)C(=O)C2(CCCC2)NC(=O)[C@@H]2CCCN2C(=O)[C@H](CCc2ccc(C(F)(F)F)c(Cl)c2)NC(=O)CN(C)C(=O)[C@H](CC2CCCCC2)N(C)C(=O)[C@@H]2CCN2C(=O)[C@H](C)N(C)C1=O. The summed E-state index contributed by atoms with van der Waals surface area (Å²) in [6.07, 6.45) is 1.34. The van der Waals surface area contributed by atoms with E-state index in [1.165, 1.54) is 82.5 Å². The first-order valence-electron chi connectivity index (χ1n) is 35.5. The number of halogens is 4. The number of morpholine rings is 1. The number of ether oxygens (including phenoxy) is 1. The zero-order chi connectivity index (χ0) is 73.1. The Hall–Kier alpha value is -7.10. The lowest BCUT2D eigenvalue weighted by atomic mass is 9.84. The van der Waals surface area contributed by atoms with Crippen molar-refractivity contribution in [2.24, 2.45) is 23.7 Å². The van der Waals surface area contributed by atoms with Crippen molar-refractivity contribution in [3.05, 3.63) is 34.3 Å². The second kappa shape index (κ2) is 34.5. The second-order valence-electron chi connectivity index (χ2n) is 29.1. The van der Waals surface area contributed by atoms with Gasteiger partial charge in [0.15, 0.2) is 0 Å². The van der Waals surface area contributed by atoms with Crippen LogP contribution < -0.4 is 21.3 Å². The van der Waals surface area contributed by atoms with Crippen molar-refractivity contribution in [2.75, 3.05) is 81.2 Å². The molecule has 4 N–H and O–H groups in total. The van der Waals surface area contributed by atoms with Crippen LogP contribution in [0.2, 0.25) is 5.02 Å². The Bertz CT molecular complexity index is 3120. The van der Waals surface area contributed by atoms with Gasteiger partial charge in [-0.3, -0.25) is 57.5 Å². The van der Waals surface area contributed by atoms with Crippen LogP contribution in [0.15, 0.2) is 18.2 Å². The summed E-state index contributed by atoms with van der Waals surface area (Å²) in [4.78, 5) is 189. The molecular formula is C70H106ClF3N12O13. The zero-order valence-corrected chi connectivity index (χ0v) is 60.6. The minimum Gasteiger partial charge on any atom is -0.378 e. The van der Waals surface area contributed by atoms with Crippen molar-refractivity contribution in [1.82, 2.24) is 60.5 Å². The van der Waals surface area contributed by atoms with Crippen LogP contribution in [0.1, 0.15) is 169 Å². The predicted molar refractivity (Wildman–Crippen MR) is 361 cm³/mol. The number of hydrogen-bond acceptors (Lipinski definition) is 13. The average molecular weight is 1420 g/mol. The van der Waals surface area contributed by atoms with Crippen molar-refractivity contribution >= 4 is 82.5 Å². The molecule has 4 aliphatic heterocycles. The number of likely N-dealkylation sites (N-methyl/N-ethyl adjacent to an activating group) is 5. The first-order valence-corrected chi connectivity index (χ1v) is 35.9. The Balaban J connectivity index is 1.27. The van der Waals surface area contributed by atoms with Crippen molar-refractivity contribution in [3.63, 3.8) is 0 Å². The molecule has 4 saturated heterocycles. The molecule has 1 spiro atoms. The Morgan fingerprint density at radius 1 is 0.677 bits per heavy atom. The first kappa shape index (κ1) is 79.2. The van der Waals surface area contributed by atoms with E-state index in [2.05, 4.69) is 21.3 Å². The summed E-state index contributed by atoms with van der Waals surface area (Å²) in [6, 6.07) is -8.06. The molecule has 2 aliphatic carbocycles. The molecule has 10 atom stereocenters. The standard InChI is InChI=1S/C70H106ClF3N12O13/c1-13-43(6)57-67(97)80(9)44(7)62(92)86-31-27-52(86)66(96)82(11)54(38-45-20-15-14-16-21-45)65(95)79(8)40-55(87)75-49(26-24-46-23-25-47(48(71)37-46)70(72,73)74)64(94)85-30-19-22-51(85)60(90)78-69(28-17-18-29-69)68(98)83(12)58(42(4)5)61(91)76-50(63(93)84-32-34-99-35-33-84)39-56(88)81(10)53(36-41(2)3)59(89)77-57/h23,25,37,41-45,49-54,57-58H,13-22,24,26-36,38-40H2,1-12H3,(H,75,87)(H,76,91)(H,77,89)(H,78,90)/t43-,44-,49-,50-,51-,52-,53-,54-,57-,58-/m0/s1. The molecule has 7 rings (SSSR count). The summed E-state index contributed by atoms with van der Waals surface area (Å²) in [5.41, 5.74) is -2.38. The molecule has 0 aromatic heterocycles. The topological polar surface area (TPSA) is 288 Å². The molecule has 99 heavy (non-hydrogen) atoms. The molecule has 29 heteroatoms. The van der Waals surface area contributed by atoms with E-state index < -0.39 is 172 Å². The lowest BCUT2D eigenvalue weighted by Gasteiger charge is -2.45. The highest BCUT2D eigenvalue weighted by molar-refractivity contribution is 6.31. The summed E-state index contributed by atoms with van der Waals surface area (Å²) in [5.74, 6) is -9.33. The number of carbonyl (C=O) groups is 12. The van der Waals surface area contributed by atoms with Gasteiger partial charge in [-0.25, -0.2) is 0 Å². The number of benzene rings is 1. The molecule has 552 valence electrons. The Morgan fingerprint density at radius 3 is 1.91 bits per heavy atom. The van der Waals surface area contributed by atoms with Crippen LogP contribution in [0.5, 0.6) is 0 Å². The summed E-state index contributed by atoms with van der Waals surface area (Å²) < 4.78 is 47.1. The molecular weight excluding hydrogens is 1310 g/mol. The Labute approximate surface area is 585 Å². The minimum absolute atomic E-state index is 0.0197. The fourth-order valence-electron chi connectivity index (χ4n) is 14.9. The van der Waals surface area contributed by atoms with E-state index in [0.717, 1.165) is 49.1 Å². The molecule has 25 nitrogen and oxygen atoms in total. The largest absolute Gasteiger partial charge is 0.417 e. The highest BCUT2D eigenvalue weighted by Crippen LogP contribution is 2.37. The molecule has 1 aromatic rings. The zero-order valence-electron chi connectivity index (χ0n) is 59.8. The maximum atomic E-state index is 15.3. The number of amides is 12. The highest BCUT2D eigenvalue weighted by Gasteiger charge is 2.51. The van der Waals surface area contributed by atoms with E-state index >= 15 is 14.4 Å². The van der Waals surface area contributed by atoms with Gasteiger partial charge in [0.05, 0.1) is 36.8 Å². The molecule has 12 amide bonds. The average Bonchev–Trinajstić information content (AvgIpc) is 1.55. The Morgan fingerprint density at radius 2 is 1.32 bits per heavy atom. The number of nitrogens with one attached hydrogen (secondary N) is 4. The Kier molecular flexibility index (Phi) is 27.6. The van der Waals surface area contributed by atoms with Gasteiger partial charge in [0.1, 0.15) is 59.9 Å². The predicted octanol–water partition coefficient (Wildman–Crippen LogP) is 4.53. The van der Waals surface area contributed by atoms with Crippen LogP contribution in [-0.4, -0.2) is 251 Å². The van der Waals surface area contributed by atoms with Gasteiger partial charge in [0.2, 0.25) is 70.9 Å². The number of aryl methyl sites for hydroxylation is 1.